The predicted octanol–water partition coefficient (Wildman–Crippen LogP) is 1.01. The van der Waals surface area contributed by atoms with Crippen molar-refractivity contribution in [3.8, 4) is 0 Å². The summed E-state index contributed by atoms with van der Waals surface area (Å²) in [5, 5.41) is 6.68. The molecular weight excluding hydrogens is 190 g/mol. The van der Waals surface area contributed by atoms with Gasteiger partial charge in [-0.2, -0.15) is 0 Å². The molecule has 4 nitrogen and oxygen atoms in total. The van der Waals surface area contributed by atoms with Crippen molar-refractivity contribution in [2.24, 2.45) is 4.99 Å². The summed E-state index contributed by atoms with van der Waals surface area (Å²) >= 11 is 0. The van der Waals surface area contributed by atoms with Crippen LogP contribution >= 0.6 is 0 Å². The molecule has 2 N–H and O–H groups in total. The predicted molar refractivity (Wildman–Crippen MR) is 60.8 cm³/mol. The summed E-state index contributed by atoms with van der Waals surface area (Å²) in [6.07, 6.45) is 3.93. The molecule has 0 saturated carbocycles. The van der Waals surface area contributed by atoms with Gasteiger partial charge in [-0.25, -0.2) is 4.99 Å². The third kappa shape index (κ3) is 2.50. The first-order chi connectivity index (χ1) is 7.27. The third-order valence-corrected chi connectivity index (χ3v) is 3.10. The van der Waals surface area contributed by atoms with E-state index in [0.717, 1.165) is 31.9 Å². The van der Waals surface area contributed by atoms with E-state index in [1.807, 2.05) is 0 Å². The second-order valence-corrected chi connectivity index (χ2v) is 4.21. The van der Waals surface area contributed by atoms with Crippen LogP contribution in [0.15, 0.2) is 16.4 Å². The summed E-state index contributed by atoms with van der Waals surface area (Å²) in [5.74, 6) is 1.04. The average molecular weight is 209 g/mol. The zero-order valence-electron chi connectivity index (χ0n) is 9.42. The third-order valence-electron chi connectivity index (χ3n) is 3.10. The first-order valence-electron chi connectivity index (χ1n) is 5.61. The lowest BCUT2D eigenvalue weighted by molar-refractivity contribution is 0.0802. The van der Waals surface area contributed by atoms with Crippen molar-refractivity contribution < 1.29 is 4.74 Å². The zero-order valence-corrected chi connectivity index (χ0v) is 9.42. The van der Waals surface area contributed by atoms with Gasteiger partial charge in [0.25, 0.3) is 0 Å². The minimum atomic E-state index is 0.379. The van der Waals surface area contributed by atoms with Gasteiger partial charge in [-0.1, -0.05) is 0 Å². The van der Waals surface area contributed by atoms with Crippen molar-refractivity contribution in [2.75, 3.05) is 13.2 Å². The van der Waals surface area contributed by atoms with Crippen molar-refractivity contribution in [1.29, 1.82) is 0 Å². The van der Waals surface area contributed by atoms with Crippen molar-refractivity contribution in [3.05, 3.63) is 11.4 Å². The van der Waals surface area contributed by atoms with Crippen LogP contribution in [-0.2, 0) is 4.74 Å². The molecule has 1 unspecified atom stereocenters. The second kappa shape index (κ2) is 4.66. The molecule has 4 heteroatoms. The normalized spacial score (nSPS) is 27.7. The van der Waals surface area contributed by atoms with Gasteiger partial charge >= 0.3 is 0 Å². The lowest BCUT2D eigenvalue weighted by Crippen LogP contribution is -2.38. The number of hydrogen-bond donors (Lipinski definition) is 2. The second-order valence-electron chi connectivity index (χ2n) is 4.21. The van der Waals surface area contributed by atoms with E-state index in [1.54, 1.807) is 6.34 Å². The maximum atomic E-state index is 5.33. The van der Waals surface area contributed by atoms with Crippen LogP contribution in [0.4, 0.5) is 0 Å². The maximum absolute atomic E-state index is 5.33. The lowest BCUT2D eigenvalue weighted by Gasteiger charge is -2.27. The molecule has 0 aromatic rings. The fraction of sp³-hybridized carbons (Fsp3) is 0.727. The van der Waals surface area contributed by atoms with Crippen LogP contribution in [0.25, 0.3) is 0 Å². The van der Waals surface area contributed by atoms with Gasteiger partial charge in [0.2, 0.25) is 0 Å². The number of ether oxygens (including phenoxy) is 1. The molecule has 0 aromatic carbocycles. The van der Waals surface area contributed by atoms with Gasteiger partial charge in [0.1, 0.15) is 5.82 Å². The smallest absolute Gasteiger partial charge is 0.128 e. The van der Waals surface area contributed by atoms with Crippen LogP contribution in [0.5, 0.6) is 0 Å². The van der Waals surface area contributed by atoms with E-state index >= 15 is 0 Å². The van der Waals surface area contributed by atoms with Crippen molar-refractivity contribution in [3.63, 3.8) is 0 Å². The van der Waals surface area contributed by atoms with Crippen LogP contribution in [-0.4, -0.2) is 31.6 Å². The first kappa shape index (κ1) is 10.5. The summed E-state index contributed by atoms with van der Waals surface area (Å²) in [7, 11) is 0. The molecule has 0 radical (unpaired) electrons. The highest BCUT2D eigenvalue weighted by Crippen LogP contribution is 2.14. The maximum Gasteiger partial charge on any atom is 0.128 e. The number of rotatable bonds is 2. The van der Waals surface area contributed by atoms with Gasteiger partial charge in [0, 0.05) is 25.3 Å². The molecule has 84 valence electrons. The Kier molecular flexibility index (Phi) is 3.26. The van der Waals surface area contributed by atoms with Crippen LogP contribution in [0.2, 0.25) is 0 Å². The number of hydrogen-bond acceptors (Lipinski definition) is 4. The zero-order chi connectivity index (χ0) is 10.7. The molecular formula is C11H19N3O. The molecule has 15 heavy (non-hydrogen) atoms. The van der Waals surface area contributed by atoms with Crippen molar-refractivity contribution in [2.45, 2.75) is 38.8 Å². The molecule has 2 aliphatic heterocycles. The lowest BCUT2D eigenvalue weighted by atomic mass is 10.1. The van der Waals surface area contributed by atoms with Crippen LogP contribution in [0, 0.1) is 0 Å². The van der Waals surface area contributed by atoms with E-state index in [4.69, 9.17) is 4.74 Å². The Bertz CT molecular complexity index is 280. The van der Waals surface area contributed by atoms with E-state index < -0.39 is 0 Å². The average Bonchev–Trinajstić information content (AvgIpc) is 2.26. The summed E-state index contributed by atoms with van der Waals surface area (Å²) in [6.45, 7) is 5.99. The first-order valence-corrected chi connectivity index (χ1v) is 5.61. The van der Waals surface area contributed by atoms with Crippen LogP contribution < -0.4 is 10.6 Å². The van der Waals surface area contributed by atoms with Gasteiger partial charge in [-0.05, 0) is 32.3 Å². The van der Waals surface area contributed by atoms with E-state index in [2.05, 4.69) is 29.5 Å². The van der Waals surface area contributed by atoms with Gasteiger partial charge < -0.3 is 15.4 Å². The Morgan fingerprint density at radius 3 is 2.93 bits per heavy atom. The summed E-state index contributed by atoms with van der Waals surface area (Å²) in [6, 6.07) is 0.899. The van der Waals surface area contributed by atoms with Gasteiger partial charge in [-0.3, -0.25) is 0 Å². The molecule has 1 fully saturated rings. The number of nitrogens with zero attached hydrogens (tertiary/aromatic N) is 1. The summed E-state index contributed by atoms with van der Waals surface area (Å²) in [4.78, 5) is 4.35. The largest absolute Gasteiger partial charge is 0.381 e. The highest BCUT2D eigenvalue weighted by Gasteiger charge is 2.18. The van der Waals surface area contributed by atoms with E-state index in [1.165, 1.54) is 5.57 Å². The van der Waals surface area contributed by atoms with Crippen LogP contribution in [0.1, 0.15) is 26.7 Å². The van der Waals surface area contributed by atoms with Gasteiger partial charge in [-0.15, -0.1) is 0 Å². The topological polar surface area (TPSA) is 45.6 Å². The molecule has 0 spiro atoms. The quantitative estimate of drug-likeness (QED) is 0.713. The van der Waals surface area contributed by atoms with Crippen molar-refractivity contribution >= 4 is 6.34 Å². The highest BCUT2D eigenvalue weighted by atomic mass is 16.5. The molecule has 0 bridgehead atoms. The SMILES string of the molecule is CC1=C(NC2CCOCC2)N=CNC1C. The summed E-state index contributed by atoms with van der Waals surface area (Å²) in [5.41, 5.74) is 1.28. The minimum absolute atomic E-state index is 0.379. The van der Waals surface area contributed by atoms with Gasteiger partial charge in [0.15, 0.2) is 0 Å². The molecule has 2 aliphatic rings. The molecule has 2 rings (SSSR count). The fourth-order valence-electron chi connectivity index (χ4n) is 1.83. The Balaban J connectivity index is 1.97. The Morgan fingerprint density at radius 1 is 1.47 bits per heavy atom. The molecule has 0 aliphatic carbocycles. The van der Waals surface area contributed by atoms with E-state index in [-0.39, 0.29) is 0 Å². The molecule has 1 saturated heterocycles. The van der Waals surface area contributed by atoms with Gasteiger partial charge in [0.05, 0.1) is 6.34 Å². The Morgan fingerprint density at radius 2 is 2.20 bits per heavy atom. The summed E-state index contributed by atoms with van der Waals surface area (Å²) < 4.78 is 5.33. The number of nitrogens with one attached hydrogen (secondary N) is 2. The molecule has 0 aromatic heterocycles. The molecule has 0 amide bonds. The monoisotopic (exact) mass is 209 g/mol. The minimum Gasteiger partial charge on any atom is -0.381 e. The highest BCUT2D eigenvalue weighted by molar-refractivity contribution is 5.59. The van der Waals surface area contributed by atoms with Crippen molar-refractivity contribution in [1.82, 2.24) is 10.6 Å². The Hall–Kier alpha value is -1.03. The Labute approximate surface area is 90.8 Å². The van der Waals surface area contributed by atoms with E-state index in [0.29, 0.717) is 12.1 Å². The number of aliphatic imine (C=N–C) groups is 1. The fourth-order valence-corrected chi connectivity index (χ4v) is 1.83. The van der Waals surface area contributed by atoms with Crippen LogP contribution in [0.3, 0.4) is 0 Å². The standard InChI is InChI=1S/C11H19N3O/c1-8-9(2)12-7-13-11(8)14-10-3-5-15-6-4-10/h7,9-10,14H,3-6H2,1-2H3,(H,12,13). The molecule has 1 atom stereocenters. The van der Waals surface area contributed by atoms with E-state index in [9.17, 15) is 0 Å². The molecule has 2 heterocycles.